The fourth-order valence-corrected chi connectivity index (χ4v) is 3.87. The lowest BCUT2D eigenvalue weighted by molar-refractivity contribution is -0.161. The summed E-state index contributed by atoms with van der Waals surface area (Å²) in [5, 5.41) is 12.8. The van der Waals surface area contributed by atoms with Gasteiger partial charge in [-0.3, -0.25) is 14.4 Å². The number of piperazine rings is 1. The molecule has 2 saturated heterocycles. The SMILES string of the molecule is CC1COC2CN3C=C(C(=O)NCc4ccc(F)cc4F)C(=O)C(O)C3C(=O)N12. The summed E-state index contributed by atoms with van der Waals surface area (Å²) in [6.45, 7) is 2.09. The van der Waals surface area contributed by atoms with Crippen molar-refractivity contribution in [3.05, 3.63) is 47.2 Å². The second-order valence-electron chi connectivity index (χ2n) is 7.29. The molecule has 3 aliphatic rings. The molecule has 154 valence electrons. The minimum absolute atomic E-state index is 0.0409. The first-order valence-electron chi connectivity index (χ1n) is 9.13. The van der Waals surface area contributed by atoms with Crippen LogP contribution in [0.1, 0.15) is 12.5 Å². The summed E-state index contributed by atoms with van der Waals surface area (Å²) in [7, 11) is 0. The van der Waals surface area contributed by atoms with Crippen LogP contribution in [0, 0.1) is 11.6 Å². The second-order valence-corrected chi connectivity index (χ2v) is 7.29. The van der Waals surface area contributed by atoms with Gasteiger partial charge in [0, 0.05) is 24.4 Å². The lowest BCUT2D eigenvalue weighted by Crippen LogP contribution is -2.66. The Hall–Kier alpha value is -2.85. The number of aliphatic hydroxyl groups is 1. The van der Waals surface area contributed by atoms with E-state index in [1.807, 2.05) is 6.92 Å². The normalized spacial score (nSPS) is 28.8. The molecule has 0 aromatic heterocycles. The van der Waals surface area contributed by atoms with Crippen molar-refractivity contribution in [2.75, 3.05) is 13.2 Å². The van der Waals surface area contributed by atoms with E-state index in [-0.39, 0.29) is 30.3 Å². The minimum Gasteiger partial charge on any atom is -0.382 e. The number of carbonyl (C=O) groups is 3. The average molecular weight is 407 g/mol. The Labute approximate surface area is 164 Å². The molecule has 8 nitrogen and oxygen atoms in total. The monoisotopic (exact) mass is 407 g/mol. The molecule has 4 rings (SSSR count). The lowest BCUT2D eigenvalue weighted by Gasteiger charge is -2.45. The average Bonchev–Trinajstić information content (AvgIpc) is 3.04. The van der Waals surface area contributed by atoms with Crippen LogP contribution in [-0.4, -0.2) is 70.1 Å². The zero-order valence-electron chi connectivity index (χ0n) is 15.5. The first-order valence-corrected chi connectivity index (χ1v) is 9.13. The fourth-order valence-electron chi connectivity index (χ4n) is 3.87. The number of nitrogens with zero attached hydrogens (tertiary/aromatic N) is 2. The van der Waals surface area contributed by atoms with E-state index in [2.05, 4.69) is 5.32 Å². The van der Waals surface area contributed by atoms with E-state index in [9.17, 15) is 28.3 Å². The molecule has 4 atom stereocenters. The number of benzene rings is 1. The van der Waals surface area contributed by atoms with Crippen molar-refractivity contribution in [1.29, 1.82) is 0 Å². The van der Waals surface area contributed by atoms with Crippen molar-refractivity contribution in [1.82, 2.24) is 15.1 Å². The van der Waals surface area contributed by atoms with Crippen LogP contribution in [0.15, 0.2) is 30.0 Å². The molecule has 2 N–H and O–H groups in total. The molecule has 0 radical (unpaired) electrons. The largest absolute Gasteiger partial charge is 0.382 e. The van der Waals surface area contributed by atoms with Crippen molar-refractivity contribution >= 4 is 17.6 Å². The minimum atomic E-state index is -1.70. The molecule has 0 bridgehead atoms. The van der Waals surface area contributed by atoms with Crippen LogP contribution in [0.2, 0.25) is 0 Å². The van der Waals surface area contributed by atoms with Crippen LogP contribution in [0.4, 0.5) is 8.78 Å². The van der Waals surface area contributed by atoms with Gasteiger partial charge in [0.1, 0.15) is 35.6 Å². The van der Waals surface area contributed by atoms with Gasteiger partial charge < -0.3 is 25.0 Å². The summed E-state index contributed by atoms with van der Waals surface area (Å²) in [5.74, 6) is -3.72. The van der Waals surface area contributed by atoms with Crippen molar-refractivity contribution in [3.63, 3.8) is 0 Å². The van der Waals surface area contributed by atoms with E-state index in [0.717, 1.165) is 6.07 Å². The number of fused-ring (bicyclic) bond motifs is 2. The molecule has 0 saturated carbocycles. The van der Waals surface area contributed by atoms with Crippen LogP contribution in [-0.2, 0) is 25.7 Å². The van der Waals surface area contributed by atoms with Crippen LogP contribution in [0.25, 0.3) is 0 Å². The van der Waals surface area contributed by atoms with E-state index in [4.69, 9.17) is 4.74 Å². The summed E-state index contributed by atoms with van der Waals surface area (Å²) >= 11 is 0. The molecule has 29 heavy (non-hydrogen) atoms. The number of Topliss-reactive ketones (excluding diaryl/α,β-unsaturated/α-hetero) is 1. The molecule has 4 unspecified atom stereocenters. The van der Waals surface area contributed by atoms with Gasteiger partial charge in [-0.05, 0) is 13.0 Å². The number of aliphatic hydroxyl groups excluding tert-OH is 1. The highest BCUT2D eigenvalue weighted by molar-refractivity contribution is 6.22. The van der Waals surface area contributed by atoms with Crippen LogP contribution >= 0.6 is 0 Å². The molecule has 0 aliphatic carbocycles. The Balaban J connectivity index is 1.53. The van der Waals surface area contributed by atoms with E-state index < -0.39 is 47.6 Å². The molecular formula is C19H19F2N3O5. The third-order valence-electron chi connectivity index (χ3n) is 5.37. The van der Waals surface area contributed by atoms with Gasteiger partial charge in [-0.2, -0.15) is 0 Å². The Kier molecular flexibility index (Phi) is 4.83. The smallest absolute Gasteiger partial charge is 0.256 e. The van der Waals surface area contributed by atoms with Gasteiger partial charge in [-0.1, -0.05) is 6.07 Å². The molecule has 2 fully saturated rings. The van der Waals surface area contributed by atoms with Crippen molar-refractivity contribution in [3.8, 4) is 0 Å². The first-order chi connectivity index (χ1) is 13.8. The Morgan fingerprint density at radius 2 is 2.10 bits per heavy atom. The maximum Gasteiger partial charge on any atom is 0.256 e. The van der Waals surface area contributed by atoms with Gasteiger partial charge in [0.05, 0.1) is 19.2 Å². The zero-order valence-corrected chi connectivity index (χ0v) is 15.5. The maximum atomic E-state index is 13.7. The van der Waals surface area contributed by atoms with Crippen molar-refractivity contribution in [2.45, 2.75) is 37.9 Å². The molecule has 1 aromatic rings. The van der Waals surface area contributed by atoms with E-state index in [1.54, 1.807) is 0 Å². The molecule has 1 aromatic carbocycles. The number of halogens is 2. The van der Waals surface area contributed by atoms with Crippen molar-refractivity contribution < 1.29 is 33.0 Å². The third kappa shape index (κ3) is 3.28. The van der Waals surface area contributed by atoms with Gasteiger partial charge in [-0.15, -0.1) is 0 Å². The number of amides is 2. The third-order valence-corrected chi connectivity index (χ3v) is 5.37. The van der Waals surface area contributed by atoms with Gasteiger partial charge in [0.2, 0.25) is 5.78 Å². The molecule has 3 heterocycles. The van der Waals surface area contributed by atoms with Crippen LogP contribution < -0.4 is 5.32 Å². The number of ether oxygens (including phenoxy) is 1. The number of ketones is 1. The number of hydrogen-bond donors (Lipinski definition) is 2. The highest BCUT2D eigenvalue weighted by Gasteiger charge is 2.52. The van der Waals surface area contributed by atoms with E-state index in [1.165, 1.54) is 22.1 Å². The number of rotatable bonds is 3. The van der Waals surface area contributed by atoms with Crippen molar-refractivity contribution in [2.24, 2.45) is 0 Å². The predicted molar refractivity (Wildman–Crippen MR) is 93.8 cm³/mol. The summed E-state index contributed by atoms with van der Waals surface area (Å²) in [6.07, 6.45) is -0.995. The highest BCUT2D eigenvalue weighted by Crippen LogP contribution is 2.31. The predicted octanol–water partition coefficient (Wildman–Crippen LogP) is -0.334. The molecule has 2 amide bonds. The van der Waals surface area contributed by atoms with E-state index in [0.29, 0.717) is 12.7 Å². The summed E-state index contributed by atoms with van der Waals surface area (Å²) in [5.41, 5.74) is -0.303. The van der Waals surface area contributed by atoms with Gasteiger partial charge in [0.15, 0.2) is 0 Å². The van der Waals surface area contributed by atoms with Gasteiger partial charge >= 0.3 is 0 Å². The van der Waals surface area contributed by atoms with Crippen LogP contribution in [0.3, 0.4) is 0 Å². The number of carbonyl (C=O) groups excluding carboxylic acids is 3. The fraction of sp³-hybridized carbons (Fsp3) is 0.421. The quantitative estimate of drug-likeness (QED) is 0.666. The Morgan fingerprint density at radius 1 is 1.34 bits per heavy atom. The van der Waals surface area contributed by atoms with Gasteiger partial charge in [-0.25, -0.2) is 8.78 Å². The molecule has 0 spiro atoms. The molecular weight excluding hydrogens is 388 g/mol. The maximum absolute atomic E-state index is 13.7. The highest BCUT2D eigenvalue weighted by atomic mass is 19.1. The van der Waals surface area contributed by atoms with E-state index >= 15 is 0 Å². The van der Waals surface area contributed by atoms with Crippen LogP contribution in [0.5, 0.6) is 0 Å². The summed E-state index contributed by atoms with van der Waals surface area (Å²) in [4.78, 5) is 40.7. The standard InChI is InChI=1S/C19H19F2N3O5/c1-9-8-29-14-7-23-6-12(16(25)17(26)15(23)19(28)24(9)14)18(27)22-5-10-2-3-11(20)4-13(10)21/h2-4,6,9,14-15,17,26H,5,7-8H2,1H3,(H,22,27). The number of nitrogens with one attached hydrogen (secondary N) is 1. The topological polar surface area (TPSA) is 99.2 Å². The summed E-state index contributed by atoms with van der Waals surface area (Å²) < 4.78 is 32.3. The second kappa shape index (κ2) is 7.20. The Bertz CT molecular complexity index is 921. The zero-order chi connectivity index (χ0) is 20.9. The summed E-state index contributed by atoms with van der Waals surface area (Å²) in [6, 6.07) is 1.64. The van der Waals surface area contributed by atoms with Gasteiger partial charge in [0.25, 0.3) is 11.8 Å². The first kappa shape index (κ1) is 19.5. The lowest BCUT2D eigenvalue weighted by atomic mass is 9.92. The Morgan fingerprint density at radius 3 is 2.83 bits per heavy atom. The molecule has 10 heteroatoms. The number of hydrogen-bond acceptors (Lipinski definition) is 6. The molecule has 3 aliphatic heterocycles.